The number of benzene rings is 2. The van der Waals surface area contributed by atoms with Gasteiger partial charge in [-0.15, -0.1) is 0 Å². The third-order valence-corrected chi connectivity index (χ3v) is 4.53. The molecule has 0 aliphatic rings. The Morgan fingerprint density at radius 1 is 0.963 bits per heavy atom. The first kappa shape index (κ1) is 20.6. The van der Waals surface area contributed by atoms with E-state index in [1.54, 1.807) is 0 Å². The minimum Gasteiger partial charge on any atom is -0.345 e. The molecule has 0 fully saturated rings. The second-order valence-corrected chi connectivity index (χ2v) is 7.11. The monoisotopic (exact) mass is 368 g/mol. The summed E-state index contributed by atoms with van der Waals surface area (Å²) in [5.41, 5.74) is 4.27. The SMILES string of the molecule is CCc1ccc([C@@H](C)NC(=O)C[NH+](C)CC(=O)Nc2ccc(C)cc2)cc1. The summed E-state index contributed by atoms with van der Waals surface area (Å²) in [6.07, 6.45) is 1.000. The molecule has 144 valence electrons. The van der Waals surface area contributed by atoms with Crippen molar-refractivity contribution >= 4 is 17.5 Å². The fourth-order valence-electron chi connectivity index (χ4n) is 2.87. The van der Waals surface area contributed by atoms with Crippen LogP contribution in [0.4, 0.5) is 5.69 Å². The van der Waals surface area contributed by atoms with Gasteiger partial charge in [-0.1, -0.05) is 48.9 Å². The van der Waals surface area contributed by atoms with Crippen molar-refractivity contribution in [3.8, 4) is 0 Å². The van der Waals surface area contributed by atoms with Gasteiger partial charge in [0.05, 0.1) is 13.1 Å². The molecule has 0 aliphatic carbocycles. The topological polar surface area (TPSA) is 62.6 Å². The van der Waals surface area contributed by atoms with Gasteiger partial charge in [-0.3, -0.25) is 9.59 Å². The molecule has 0 spiro atoms. The fraction of sp³-hybridized carbons (Fsp3) is 0.364. The maximum Gasteiger partial charge on any atom is 0.279 e. The van der Waals surface area contributed by atoms with E-state index in [2.05, 4.69) is 41.8 Å². The van der Waals surface area contributed by atoms with Crippen molar-refractivity contribution in [2.24, 2.45) is 0 Å². The van der Waals surface area contributed by atoms with Crippen molar-refractivity contribution in [2.45, 2.75) is 33.2 Å². The van der Waals surface area contributed by atoms with E-state index in [0.29, 0.717) is 0 Å². The number of hydrogen-bond acceptors (Lipinski definition) is 2. The third-order valence-electron chi connectivity index (χ3n) is 4.53. The van der Waals surface area contributed by atoms with Crippen LogP contribution in [-0.4, -0.2) is 32.0 Å². The van der Waals surface area contributed by atoms with Gasteiger partial charge in [0.25, 0.3) is 11.8 Å². The van der Waals surface area contributed by atoms with Gasteiger partial charge in [0.1, 0.15) is 0 Å². The third kappa shape index (κ3) is 6.87. The minimum atomic E-state index is -0.104. The van der Waals surface area contributed by atoms with Crippen molar-refractivity contribution in [1.29, 1.82) is 0 Å². The molecule has 0 radical (unpaired) electrons. The van der Waals surface area contributed by atoms with Crippen LogP contribution in [0.3, 0.4) is 0 Å². The van der Waals surface area contributed by atoms with Crippen molar-refractivity contribution in [3.63, 3.8) is 0 Å². The summed E-state index contributed by atoms with van der Waals surface area (Å²) in [7, 11) is 1.84. The second-order valence-electron chi connectivity index (χ2n) is 7.11. The number of nitrogens with one attached hydrogen (secondary N) is 3. The lowest BCUT2D eigenvalue weighted by Crippen LogP contribution is -3.11. The van der Waals surface area contributed by atoms with E-state index in [1.165, 1.54) is 5.56 Å². The number of carbonyl (C=O) groups excluding carboxylic acids is 2. The maximum atomic E-state index is 12.3. The standard InChI is InChI=1S/C22H29N3O2/c1-5-18-8-10-19(11-9-18)17(3)23-21(26)14-25(4)15-22(27)24-20-12-6-16(2)7-13-20/h6-13,17H,5,14-15H2,1-4H3,(H,23,26)(H,24,27)/p+1/t17-/m1/s1. The number of rotatable bonds is 8. The summed E-state index contributed by atoms with van der Waals surface area (Å²) in [5, 5.41) is 5.86. The van der Waals surface area contributed by atoms with E-state index in [0.717, 1.165) is 28.1 Å². The predicted molar refractivity (Wildman–Crippen MR) is 109 cm³/mol. The van der Waals surface area contributed by atoms with E-state index in [1.807, 2.05) is 45.2 Å². The van der Waals surface area contributed by atoms with Crippen LogP contribution in [0.25, 0.3) is 0 Å². The molecule has 1 unspecified atom stereocenters. The highest BCUT2D eigenvalue weighted by molar-refractivity contribution is 5.91. The number of hydrogen-bond donors (Lipinski definition) is 3. The summed E-state index contributed by atoms with van der Waals surface area (Å²) in [4.78, 5) is 25.2. The summed E-state index contributed by atoms with van der Waals surface area (Å²) in [6, 6.07) is 15.9. The van der Waals surface area contributed by atoms with Crippen LogP contribution in [0, 0.1) is 6.92 Å². The molecule has 0 saturated carbocycles. The molecule has 0 bridgehead atoms. The first-order valence-electron chi connectivity index (χ1n) is 9.43. The second kappa shape index (κ2) is 9.88. The van der Waals surface area contributed by atoms with Gasteiger partial charge < -0.3 is 15.5 Å². The zero-order valence-corrected chi connectivity index (χ0v) is 16.6. The molecule has 2 amide bonds. The average Bonchev–Trinajstić information content (AvgIpc) is 2.63. The first-order valence-corrected chi connectivity index (χ1v) is 9.43. The van der Waals surface area contributed by atoms with Gasteiger partial charge in [-0.2, -0.15) is 0 Å². The smallest absolute Gasteiger partial charge is 0.279 e. The summed E-state index contributed by atoms with van der Waals surface area (Å²) < 4.78 is 0. The maximum absolute atomic E-state index is 12.3. The lowest BCUT2D eigenvalue weighted by Gasteiger charge is -2.17. The van der Waals surface area contributed by atoms with Crippen LogP contribution in [0.5, 0.6) is 0 Å². The van der Waals surface area contributed by atoms with Crippen LogP contribution in [0.2, 0.25) is 0 Å². The van der Waals surface area contributed by atoms with Gasteiger partial charge in [0.15, 0.2) is 13.1 Å². The van der Waals surface area contributed by atoms with Crippen molar-refractivity contribution in [2.75, 3.05) is 25.5 Å². The molecule has 5 heteroatoms. The highest BCUT2D eigenvalue weighted by Gasteiger charge is 2.16. The van der Waals surface area contributed by atoms with Crippen LogP contribution in [-0.2, 0) is 16.0 Å². The van der Waals surface area contributed by atoms with E-state index < -0.39 is 0 Å². The number of likely N-dealkylation sites (N-methyl/N-ethyl adjacent to an activating group) is 1. The molecule has 0 saturated heterocycles. The Hall–Kier alpha value is -2.66. The summed E-state index contributed by atoms with van der Waals surface area (Å²) >= 11 is 0. The highest BCUT2D eigenvalue weighted by Crippen LogP contribution is 2.13. The first-order chi connectivity index (χ1) is 12.9. The molecular formula is C22H30N3O2+. The number of anilines is 1. The zero-order chi connectivity index (χ0) is 19.8. The van der Waals surface area contributed by atoms with Crippen LogP contribution in [0.15, 0.2) is 48.5 Å². The summed E-state index contributed by atoms with van der Waals surface area (Å²) in [5.74, 6) is -0.171. The van der Waals surface area contributed by atoms with Crippen molar-refractivity contribution in [1.82, 2.24) is 5.32 Å². The number of aryl methyl sites for hydroxylation is 2. The quantitative estimate of drug-likeness (QED) is 0.666. The number of carbonyl (C=O) groups is 2. The molecule has 2 atom stereocenters. The molecule has 0 aliphatic heterocycles. The molecule has 2 rings (SSSR count). The lowest BCUT2D eigenvalue weighted by molar-refractivity contribution is -0.862. The fourth-order valence-corrected chi connectivity index (χ4v) is 2.87. The van der Waals surface area contributed by atoms with E-state index in [-0.39, 0.29) is 30.9 Å². The number of amides is 2. The van der Waals surface area contributed by atoms with Gasteiger partial charge in [0.2, 0.25) is 0 Å². The van der Waals surface area contributed by atoms with Crippen molar-refractivity contribution < 1.29 is 14.5 Å². The normalized spacial score (nSPS) is 12.9. The molecule has 2 aromatic carbocycles. The average molecular weight is 369 g/mol. The van der Waals surface area contributed by atoms with Gasteiger partial charge >= 0.3 is 0 Å². The van der Waals surface area contributed by atoms with E-state index in [4.69, 9.17) is 0 Å². The molecular weight excluding hydrogens is 338 g/mol. The lowest BCUT2D eigenvalue weighted by atomic mass is 10.1. The molecule has 2 aromatic rings. The van der Waals surface area contributed by atoms with Crippen LogP contribution >= 0.6 is 0 Å². The largest absolute Gasteiger partial charge is 0.345 e. The zero-order valence-electron chi connectivity index (χ0n) is 16.6. The molecule has 0 aromatic heterocycles. The predicted octanol–water partition coefficient (Wildman–Crippen LogP) is 1.89. The van der Waals surface area contributed by atoms with E-state index in [9.17, 15) is 9.59 Å². The molecule has 0 heterocycles. The Balaban J connectivity index is 1.78. The van der Waals surface area contributed by atoms with E-state index >= 15 is 0 Å². The Morgan fingerprint density at radius 2 is 1.56 bits per heavy atom. The summed E-state index contributed by atoms with van der Waals surface area (Å²) in [6.45, 7) is 6.58. The Morgan fingerprint density at radius 3 is 2.15 bits per heavy atom. The van der Waals surface area contributed by atoms with Crippen LogP contribution < -0.4 is 15.5 Å². The molecule has 27 heavy (non-hydrogen) atoms. The highest BCUT2D eigenvalue weighted by atomic mass is 16.2. The van der Waals surface area contributed by atoms with Gasteiger partial charge in [0, 0.05) is 5.69 Å². The Kier molecular flexibility index (Phi) is 7.55. The minimum absolute atomic E-state index is 0.0578. The molecule has 3 N–H and O–H groups in total. The van der Waals surface area contributed by atoms with Crippen LogP contribution in [0.1, 0.15) is 36.6 Å². The van der Waals surface area contributed by atoms with Crippen molar-refractivity contribution in [3.05, 3.63) is 65.2 Å². The Bertz CT molecular complexity index is 754. The number of quaternary nitrogens is 1. The van der Waals surface area contributed by atoms with Gasteiger partial charge in [-0.25, -0.2) is 0 Å². The molecule has 5 nitrogen and oxygen atoms in total. The Labute approximate surface area is 161 Å². The van der Waals surface area contributed by atoms with Gasteiger partial charge in [-0.05, 0) is 43.5 Å².